The Hall–Kier alpha value is -2.31. The summed E-state index contributed by atoms with van der Waals surface area (Å²) in [5, 5.41) is 2.73. The van der Waals surface area contributed by atoms with Crippen LogP contribution in [0, 0.1) is 11.7 Å². The molecule has 0 bridgehead atoms. The van der Waals surface area contributed by atoms with Gasteiger partial charge in [0.15, 0.2) is 11.6 Å². The lowest BCUT2D eigenvalue weighted by Gasteiger charge is -2.20. The first-order valence-corrected chi connectivity index (χ1v) is 8.24. The van der Waals surface area contributed by atoms with E-state index in [0.29, 0.717) is 12.6 Å². The van der Waals surface area contributed by atoms with E-state index in [2.05, 4.69) is 5.32 Å². The molecule has 7 heteroatoms. The van der Waals surface area contributed by atoms with Gasteiger partial charge in [-0.1, -0.05) is 12.1 Å². The van der Waals surface area contributed by atoms with Crippen molar-refractivity contribution in [2.24, 2.45) is 5.92 Å². The minimum Gasteiger partial charge on any atom is -0.486 e. The van der Waals surface area contributed by atoms with Crippen molar-refractivity contribution in [2.75, 3.05) is 26.3 Å². The normalized spacial score (nSPS) is 18.7. The Balaban J connectivity index is 1.43. The van der Waals surface area contributed by atoms with Crippen LogP contribution < -0.4 is 10.1 Å². The number of nitrogens with one attached hydrogen (secondary N) is 1. The summed E-state index contributed by atoms with van der Waals surface area (Å²) in [5.74, 6) is 0.321. The Morgan fingerprint density at radius 2 is 2.17 bits per heavy atom. The molecule has 3 amide bonds. The van der Waals surface area contributed by atoms with Crippen LogP contribution in [0.5, 0.6) is 5.75 Å². The third-order valence-electron chi connectivity index (χ3n) is 4.19. The summed E-state index contributed by atoms with van der Waals surface area (Å²) in [4.78, 5) is 27.3. The molecule has 0 aromatic heterocycles. The molecule has 1 heterocycles. The number of hydrogen-bond acceptors (Lipinski definition) is 3. The number of para-hydroxylation sites is 1. The SMILES string of the molecule is C[C@H](CNC(=O)N1CC(=O)N(CC2CC2)C1)Oc1ccccc1F. The van der Waals surface area contributed by atoms with Crippen LogP contribution in [0.25, 0.3) is 0 Å². The summed E-state index contributed by atoms with van der Waals surface area (Å²) in [6.07, 6.45) is 1.95. The van der Waals surface area contributed by atoms with Gasteiger partial charge in [-0.2, -0.15) is 0 Å². The smallest absolute Gasteiger partial charge is 0.319 e. The Labute approximate surface area is 140 Å². The highest BCUT2D eigenvalue weighted by molar-refractivity contribution is 5.87. The molecular weight excluding hydrogens is 313 g/mol. The van der Waals surface area contributed by atoms with E-state index < -0.39 is 5.82 Å². The minimum atomic E-state index is -0.434. The molecule has 0 unspecified atom stereocenters. The van der Waals surface area contributed by atoms with Crippen LogP contribution in [0.15, 0.2) is 24.3 Å². The Morgan fingerprint density at radius 3 is 2.88 bits per heavy atom. The molecule has 1 atom stereocenters. The van der Waals surface area contributed by atoms with Crippen molar-refractivity contribution in [3.8, 4) is 5.75 Å². The Kier molecular flexibility index (Phi) is 4.87. The summed E-state index contributed by atoms with van der Waals surface area (Å²) < 4.78 is 19.0. The zero-order chi connectivity index (χ0) is 17.1. The number of carbonyl (C=O) groups excluding carboxylic acids is 2. The number of amides is 3. The van der Waals surface area contributed by atoms with E-state index in [1.165, 1.54) is 23.8 Å². The molecule has 0 radical (unpaired) electrons. The number of halogens is 1. The molecule has 0 spiro atoms. The van der Waals surface area contributed by atoms with E-state index in [0.717, 1.165) is 6.54 Å². The standard InChI is InChI=1S/C17H22FN3O3/c1-12(24-15-5-3-2-4-14(15)18)8-19-17(23)21-10-16(22)20(11-21)9-13-6-7-13/h2-5,12-13H,6-11H2,1H3,(H,19,23)/t12-/m1/s1. The van der Waals surface area contributed by atoms with Gasteiger partial charge in [-0.15, -0.1) is 0 Å². The number of ether oxygens (including phenoxy) is 1. The van der Waals surface area contributed by atoms with E-state index in [9.17, 15) is 14.0 Å². The fourth-order valence-corrected chi connectivity index (χ4v) is 2.65. The molecule has 1 aliphatic heterocycles. The quantitative estimate of drug-likeness (QED) is 0.862. The summed E-state index contributed by atoms with van der Waals surface area (Å²) in [6, 6.07) is 5.85. The number of benzene rings is 1. The molecule has 3 rings (SSSR count). The molecule has 1 saturated carbocycles. The average molecular weight is 335 g/mol. The predicted molar refractivity (Wildman–Crippen MR) is 85.9 cm³/mol. The van der Waals surface area contributed by atoms with Gasteiger partial charge in [0.25, 0.3) is 0 Å². The second kappa shape index (κ2) is 7.07. The Morgan fingerprint density at radius 1 is 1.42 bits per heavy atom. The lowest BCUT2D eigenvalue weighted by Crippen LogP contribution is -2.43. The second-order valence-corrected chi connectivity index (χ2v) is 6.44. The highest BCUT2D eigenvalue weighted by atomic mass is 19.1. The van der Waals surface area contributed by atoms with Crippen molar-refractivity contribution in [1.82, 2.24) is 15.1 Å². The van der Waals surface area contributed by atoms with Gasteiger partial charge in [-0.3, -0.25) is 9.69 Å². The average Bonchev–Trinajstić information content (AvgIpc) is 3.30. The molecule has 130 valence electrons. The van der Waals surface area contributed by atoms with E-state index in [1.54, 1.807) is 30.0 Å². The number of nitrogens with zero attached hydrogens (tertiary/aromatic N) is 2. The maximum absolute atomic E-state index is 13.5. The summed E-state index contributed by atoms with van der Waals surface area (Å²) in [6.45, 7) is 3.18. The van der Waals surface area contributed by atoms with Gasteiger partial charge in [0, 0.05) is 6.54 Å². The number of carbonyl (C=O) groups is 2. The van der Waals surface area contributed by atoms with Crippen LogP contribution in [0.4, 0.5) is 9.18 Å². The van der Waals surface area contributed by atoms with E-state index in [4.69, 9.17) is 4.74 Å². The Bertz CT molecular complexity index is 621. The summed E-state index contributed by atoms with van der Waals surface area (Å²) >= 11 is 0. The van der Waals surface area contributed by atoms with Crippen molar-refractivity contribution < 1.29 is 18.7 Å². The zero-order valence-electron chi connectivity index (χ0n) is 13.7. The van der Waals surface area contributed by atoms with Crippen molar-refractivity contribution >= 4 is 11.9 Å². The van der Waals surface area contributed by atoms with E-state index in [-0.39, 0.29) is 36.9 Å². The molecule has 2 fully saturated rings. The molecule has 1 aliphatic carbocycles. The third kappa shape index (κ3) is 4.15. The maximum Gasteiger partial charge on any atom is 0.319 e. The van der Waals surface area contributed by atoms with Gasteiger partial charge in [0.05, 0.1) is 13.2 Å². The van der Waals surface area contributed by atoms with Gasteiger partial charge in [-0.25, -0.2) is 9.18 Å². The molecule has 1 aromatic rings. The van der Waals surface area contributed by atoms with Crippen molar-refractivity contribution in [2.45, 2.75) is 25.9 Å². The number of rotatable bonds is 6. The van der Waals surface area contributed by atoms with Gasteiger partial charge in [-0.05, 0) is 37.8 Å². The van der Waals surface area contributed by atoms with Crippen molar-refractivity contribution in [1.29, 1.82) is 0 Å². The van der Waals surface area contributed by atoms with Crippen molar-refractivity contribution in [3.63, 3.8) is 0 Å². The lowest BCUT2D eigenvalue weighted by molar-refractivity contribution is -0.126. The number of hydrogen-bond donors (Lipinski definition) is 1. The van der Waals surface area contributed by atoms with Crippen LogP contribution in [0.2, 0.25) is 0 Å². The van der Waals surface area contributed by atoms with E-state index >= 15 is 0 Å². The second-order valence-electron chi connectivity index (χ2n) is 6.44. The van der Waals surface area contributed by atoms with E-state index in [1.807, 2.05) is 0 Å². The predicted octanol–water partition coefficient (Wildman–Crippen LogP) is 1.81. The van der Waals surface area contributed by atoms with Crippen LogP contribution in [0.3, 0.4) is 0 Å². The van der Waals surface area contributed by atoms with Gasteiger partial charge < -0.3 is 15.0 Å². The van der Waals surface area contributed by atoms with Gasteiger partial charge >= 0.3 is 6.03 Å². The maximum atomic E-state index is 13.5. The first-order valence-electron chi connectivity index (χ1n) is 8.24. The zero-order valence-corrected chi connectivity index (χ0v) is 13.7. The molecule has 24 heavy (non-hydrogen) atoms. The van der Waals surface area contributed by atoms with Crippen LogP contribution in [0.1, 0.15) is 19.8 Å². The largest absolute Gasteiger partial charge is 0.486 e. The molecule has 2 aliphatic rings. The lowest BCUT2D eigenvalue weighted by atomic mass is 10.3. The highest BCUT2D eigenvalue weighted by Crippen LogP contribution is 2.30. The molecule has 1 N–H and O–H groups in total. The van der Waals surface area contributed by atoms with Crippen LogP contribution in [-0.2, 0) is 4.79 Å². The fourth-order valence-electron chi connectivity index (χ4n) is 2.65. The topological polar surface area (TPSA) is 61.9 Å². The van der Waals surface area contributed by atoms with Crippen LogP contribution >= 0.6 is 0 Å². The van der Waals surface area contributed by atoms with Crippen molar-refractivity contribution in [3.05, 3.63) is 30.1 Å². The first-order chi connectivity index (χ1) is 11.5. The minimum absolute atomic E-state index is 0.00675. The van der Waals surface area contributed by atoms with Crippen LogP contribution in [-0.4, -0.2) is 54.1 Å². The third-order valence-corrected chi connectivity index (χ3v) is 4.19. The first kappa shape index (κ1) is 16.5. The van der Waals surface area contributed by atoms with Gasteiger partial charge in [0.1, 0.15) is 12.6 Å². The molecule has 1 aromatic carbocycles. The summed E-state index contributed by atoms with van der Waals surface area (Å²) in [7, 11) is 0. The highest BCUT2D eigenvalue weighted by Gasteiger charge is 2.34. The van der Waals surface area contributed by atoms with Gasteiger partial charge in [0.2, 0.25) is 5.91 Å². The molecular formula is C17H22FN3O3. The fraction of sp³-hybridized carbons (Fsp3) is 0.529. The number of urea groups is 1. The molecule has 1 saturated heterocycles. The monoisotopic (exact) mass is 335 g/mol. The molecule has 6 nitrogen and oxygen atoms in total. The summed E-state index contributed by atoms with van der Waals surface area (Å²) in [5.41, 5.74) is 0.